The van der Waals surface area contributed by atoms with Gasteiger partial charge in [-0.2, -0.15) is 4.31 Å². The number of rotatable bonds is 7. The zero-order valence-electron chi connectivity index (χ0n) is 16.6. The van der Waals surface area contributed by atoms with Gasteiger partial charge in [0, 0.05) is 32.7 Å². The van der Waals surface area contributed by atoms with E-state index in [0.717, 1.165) is 17.2 Å². The lowest BCUT2D eigenvalue weighted by molar-refractivity contribution is -0.122. The van der Waals surface area contributed by atoms with E-state index in [2.05, 4.69) is 19.2 Å². The zero-order valence-corrected chi connectivity index (χ0v) is 17.4. The van der Waals surface area contributed by atoms with Crippen molar-refractivity contribution in [1.29, 1.82) is 0 Å². The van der Waals surface area contributed by atoms with Gasteiger partial charge in [-0.3, -0.25) is 9.69 Å². The molecule has 0 bridgehead atoms. The van der Waals surface area contributed by atoms with Gasteiger partial charge in [0.25, 0.3) is 0 Å². The van der Waals surface area contributed by atoms with Crippen molar-refractivity contribution < 1.29 is 13.2 Å². The molecule has 28 heavy (non-hydrogen) atoms. The highest BCUT2D eigenvalue weighted by Crippen LogP contribution is 2.22. The van der Waals surface area contributed by atoms with Crippen LogP contribution in [0.3, 0.4) is 0 Å². The number of benzene rings is 2. The molecule has 0 saturated carbocycles. The molecule has 1 N–H and O–H groups in total. The number of fused-ring (bicyclic) bond motifs is 1. The van der Waals surface area contributed by atoms with Crippen LogP contribution in [-0.4, -0.2) is 62.8 Å². The predicted octanol–water partition coefficient (Wildman–Crippen LogP) is 2.31. The van der Waals surface area contributed by atoms with Gasteiger partial charge < -0.3 is 5.32 Å². The van der Waals surface area contributed by atoms with Gasteiger partial charge in [0.05, 0.1) is 11.4 Å². The van der Waals surface area contributed by atoms with Crippen LogP contribution < -0.4 is 5.32 Å². The van der Waals surface area contributed by atoms with Crippen molar-refractivity contribution in [2.75, 3.05) is 39.3 Å². The van der Waals surface area contributed by atoms with Gasteiger partial charge in [-0.15, -0.1) is 0 Å². The summed E-state index contributed by atoms with van der Waals surface area (Å²) >= 11 is 0. The van der Waals surface area contributed by atoms with E-state index >= 15 is 0 Å². The van der Waals surface area contributed by atoms with Crippen molar-refractivity contribution in [2.24, 2.45) is 5.92 Å². The first-order chi connectivity index (χ1) is 13.4. The molecule has 1 saturated heterocycles. The Bertz CT molecular complexity index is 919. The molecule has 0 spiro atoms. The molecular weight excluding hydrogens is 374 g/mol. The van der Waals surface area contributed by atoms with Crippen LogP contribution >= 0.6 is 0 Å². The first-order valence-electron chi connectivity index (χ1n) is 9.84. The second kappa shape index (κ2) is 9.03. The Kier molecular flexibility index (Phi) is 6.69. The summed E-state index contributed by atoms with van der Waals surface area (Å²) in [6, 6.07) is 13.0. The zero-order chi connectivity index (χ0) is 20.1. The van der Waals surface area contributed by atoms with Crippen LogP contribution in [0.25, 0.3) is 10.8 Å². The molecule has 1 aliphatic heterocycles. The van der Waals surface area contributed by atoms with Crippen molar-refractivity contribution in [3.8, 4) is 0 Å². The molecule has 0 atom stereocenters. The van der Waals surface area contributed by atoms with Gasteiger partial charge >= 0.3 is 0 Å². The first-order valence-corrected chi connectivity index (χ1v) is 11.3. The summed E-state index contributed by atoms with van der Waals surface area (Å²) in [7, 11) is -3.52. The minimum absolute atomic E-state index is 0.00601. The van der Waals surface area contributed by atoms with E-state index in [1.807, 2.05) is 35.2 Å². The molecular formula is C21H29N3O3S. The van der Waals surface area contributed by atoms with E-state index < -0.39 is 10.0 Å². The first kappa shape index (κ1) is 20.8. The van der Waals surface area contributed by atoms with Crippen LogP contribution in [-0.2, 0) is 14.8 Å². The molecule has 2 aromatic rings. The number of sulfonamides is 1. The van der Waals surface area contributed by atoms with E-state index in [1.54, 1.807) is 12.1 Å². The number of nitrogens with one attached hydrogen (secondary N) is 1. The number of carbonyl (C=O) groups excluding carboxylic acids is 1. The number of piperazine rings is 1. The summed E-state index contributed by atoms with van der Waals surface area (Å²) < 4.78 is 27.5. The molecule has 0 unspecified atom stereocenters. The Labute approximate surface area is 167 Å². The Balaban J connectivity index is 1.56. The van der Waals surface area contributed by atoms with Gasteiger partial charge in [-0.1, -0.05) is 44.2 Å². The fourth-order valence-corrected chi connectivity index (χ4v) is 4.82. The number of amides is 1. The number of hydrogen-bond donors (Lipinski definition) is 1. The molecule has 1 heterocycles. The summed E-state index contributed by atoms with van der Waals surface area (Å²) in [6.45, 7) is 7.18. The molecule has 1 amide bonds. The maximum Gasteiger partial charge on any atom is 0.243 e. The summed E-state index contributed by atoms with van der Waals surface area (Å²) in [5.74, 6) is 0.565. The Morgan fingerprint density at radius 3 is 2.39 bits per heavy atom. The van der Waals surface area contributed by atoms with E-state index in [1.165, 1.54) is 4.31 Å². The third kappa shape index (κ3) is 5.10. The maximum absolute atomic E-state index is 13.0. The molecule has 2 aromatic carbocycles. The average Bonchev–Trinajstić information content (AvgIpc) is 2.67. The van der Waals surface area contributed by atoms with Gasteiger partial charge in [-0.05, 0) is 35.2 Å². The highest BCUT2D eigenvalue weighted by atomic mass is 32.2. The molecule has 1 fully saturated rings. The Hall–Kier alpha value is -1.96. The minimum atomic E-state index is -3.52. The fraction of sp³-hybridized carbons (Fsp3) is 0.476. The van der Waals surface area contributed by atoms with Crippen LogP contribution in [0, 0.1) is 5.92 Å². The highest BCUT2D eigenvalue weighted by Gasteiger charge is 2.29. The lowest BCUT2D eigenvalue weighted by atomic mass is 10.1. The van der Waals surface area contributed by atoms with Crippen molar-refractivity contribution in [3.05, 3.63) is 42.5 Å². The van der Waals surface area contributed by atoms with Crippen LogP contribution in [0.5, 0.6) is 0 Å². The highest BCUT2D eigenvalue weighted by molar-refractivity contribution is 7.89. The molecule has 6 nitrogen and oxygen atoms in total. The largest absolute Gasteiger partial charge is 0.355 e. The van der Waals surface area contributed by atoms with Crippen LogP contribution in [0.2, 0.25) is 0 Å². The Morgan fingerprint density at radius 2 is 1.71 bits per heavy atom. The number of carbonyl (C=O) groups is 1. The van der Waals surface area contributed by atoms with Gasteiger partial charge in [0.15, 0.2) is 0 Å². The average molecular weight is 404 g/mol. The smallest absolute Gasteiger partial charge is 0.243 e. The normalized spacial score (nSPS) is 16.5. The molecule has 0 aliphatic carbocycles. The monoisotopic (exact) mass is 403 g/mol. The second-order valence-corrected chi connectivity index (χ2v) is 9.66. The van der Waals surface area contributed by atoms with Crippen LogP contribution in [0.1, 0.15) is 20.3 Å². The van der Waals surface area contributed by atoms with Crippen molar-refractivity contribution in [1.82, 2.24) is 14.5 Å². The standard InChI is InChI=1S/C21H29N3O3S/c1-17(2)9-10-22-21(25)16-23-11-13-24(14-12-23)28(26,27)20-8-7-18-5-3-4-6-19(18)15-20/h3-8,15,17H,9-14,16H2,1-2H3,(H,22,25). The van der Waals surface area contributed by atoms with Crippen molar-refractivity contribution in [2.45, 2.75) is 25.2 Å². The second-order valence-electron chi connectivity index (χ2n) is 7.72. The molecule has 7 heteroatoms. The number of hydrogen-bond acceptors (Lipinski definition) is 4. The summed E-state index contributed by atoms with van der Waals surface area (Å²) in [5.41, 5.74) is 0. The van der Waals surface area contributed by atoms with E-state index in [-0.39, 0.29) is 5.91 Å². The Morgan fingerprint density at radius 1 is 1.04 bits per heavy atom. The third-order valence-corrected chi connectivity index (χ3v) is 7.00. The van der Waals surface area contributed by atoms with Crippen LogP contribution in [0.4, 0.5) is 0 Å². The van der Waals surface area contributed by atoms with Gasteiger partial charge in [-0.25, -0.2) is 8.42 Å². The quantitative estimate of drug-likeness (QED) is 0.770. The van der Waals surface area contributed by atoms with Crippen LogP contribution in [0.15, 0.2) is 47.4 Å². The third-order valence-electron chi connectivity index (χ3n) is 5.10. The van der Waals surface area contributed by atoms with Crippen molar-refractivity contribution >= 4 is 26.7 Å². The SMILES string of the molecule is CC(C)CCNC(=O)CN1CCN(S(=O)(=O)c2ccc3ccccc3c2)CC1. The molecule has 152 valence electrons. The lowest BCUT2D eigenvalue weighted by Crippen LogP contribution is -2.51. The minimum Gasteiger partial charge on any atom is -0.355 e. The lowest BCUT2D eigenvalue weighted by Gasteiger charge is -2.33. The summed E-state index contributed by atoms with van der Waals surface area (Å²) in [4.78, 5) is 14.4. The van der Waals surface area contributed by atoms with Gasteiger partial charge in [0.1, 0.15) is 0 Å². The molecule has 3 rings (SSSR count). The topological polar surface area (TPSA) is 69.7 Å². The van der Waals surface area contributed by atoms with E-state index in [0.29, 0.717) is 50.1 Å². The van der Waals surface area contributed by atoms with Gasteiger partial charge in [0.2, 0.25) is 15.9 Å². The predicted molar refractivity (Wildman–Crippen MR) is 112 cm³/mol. The molecule has 0 radical (unpaired) electrons. The van der Waals surface area contributed by atoms with E-state index in [9.17, 15) is 13.2 Å². The van der Waals surface area contributed by atoms with Crippen molar-refractivity contribution in [3.63, 3.8) is 0 Å². The number of nitrogens with zero attached hydrogens (tertiary/aromatic N) is 2. The molecule has 0 aromatic heterocycles. The molecule has 1 aliphatic rings. The summed E-state index contributed by atoms with van der Waals surface area (Å²) in [5, 5.41) is 4.87. The maximum atomic E-state index is 13.0. The summed E-state index contributed by atoms with van der Waals surface area (Å²) in [6.07, 6.45) is 0.962. The van der Waals surface area contributed by atoms with E-state index in [4.69, 9.17) is 0 Å². The fourth-order valence-electron chi connectivity index (χ4n) is 3.36.